The van der Waals surface area contributed by atoms with E-state index in [-0.39, 0.29) is 5.69 Å². The molecule has 0 saturated heterocycles. The maximum absolute atomic E-state index is 12.6. The van der Waals surface area contributed by atoms with E-state index in [1.54, 1.807) is 39.9 Å². The first-order chi connectivity index (χ1) is 11.6. The molecule has 4 rings (SSSR count). The molecule has 0 spiro atoms. The van der Waals surface area contributed by atoms with Gasteiger partial charge in [-0.3, -0.25) is 14.1 Å². The average Bonchev–Trinajstić information content (AvgIpc) is 3.13. The molecular formula is C18H16N4OS. The van der Waals surface area contributed by atoms with E-state index >= 15 is 0 Å². The first kappa shape index (κ1) is 14.8. The molecule has 0 aliphatic carbocycles. The van der Waals surface area contributed by atoms with Crippen LogP contribution in [0.4, 0.5) is 0 Å². The Kier molecular flexibility index (Phi) is 3.54. The number of nitrogens with zero attached hydrogens (tertiary/aromatic N) is 4. The topological polar surface area (TPSA) is 52.7 Å². The lowest BCUT2D eigenvalue weighted by Gasteiger charge is -2.04. The highest BCUT2D eigenvalue weighted by atomic mass is 32.1. The van der Waals surface area contributed by atoms with Crippen LogP contribution in [0.1, 0.15) is 10.4 Å². The minimum atomic E-state index is -0.0686. The van der Waals surface area contributed by atoms with Gasteiger partial charge < -0.3 is 0 Å². The number of aryl methyl sites for hydroxylation is 2. The molecule has 6 heteroatoms. The summed E-state index contributed by atoms with van der Waals surface area (Å²) in [5.74, 6) is 0. The van der Waals surface area contributed by atoms with Crippen LogP contribution in [0, 0.1) is 6.92 Å². The van der Waals surface area contributed by atoms with Crippen LogP contribution in [0.5, 0.6) is 0 Å². The predicted octanol–water partition coefficient (Wildman–Crippen LogP) is 3.22. The van der Waals surface area contributed by atoms with Crippen LogP contribution < -0.4 is 5.69 Å². The van der Waals surface area contributed by atoms with Gasteiger partial charge in [0.2, 0.25) is 0 Å². The Morgan fingerprint density at radius 1 is 1.21 bits per heavy atom. The van der Waals surface area contributed by atoms with E-state index in [1.165, 1.54) is 4.88 Å². The van der Waals surface area contributed by atoms with Gasteiger partial charge in [-0.1, -0.05) is 6.07 Å². The SMILES string of the molecule is Cc1ccc(-c2cnc3c(c2)n(Cc2cccnc2)c(=O)n3C)s1. The summed E-state index contributed by atoms with van der Waals surface area (Å²) >= 11 is 1.73. The Morgan fingerprint density at radius 2 is 2.08 bits per heavy atom. The van der Waals surface area contributed by atoms with E-state index in [0.717, 1.165) is 21.5 Å². The van der Waals surface area contributed by atoms with Gasteiger partial charge in [0.25, 0.3) is 0 Å². The maximum Gasteiger partial charge on any atom is 0.330 e. The Bertz CT molecular complexity index is 1080. The molecule has 0 atom stereocenters. The lowest BCUT2D eigenvalue weighted by Crippen LogP contribution is -2.22. The Hall–Kier alpha value is -2.73. The molecule has 120 valence electrons. The van der Waals surface area contributed by atoms with E-state index in [1.807, 2.05) is 24.4 Å². The molecule has 0 radical (unpaired) electrons. The van der Waals surface area contributed by atoms with Gasteiger partial charge in [0, 0.05) is 41.0 Å². The van der Waals surface area contributed by atoms with E-state index in [9.17, 15) is 4.79 Å². The Morgan fingerprint density at radius 3 is 2.79 bits per heavy atom. The van der Waals surface area contributed by atoms with Crippen LogP contribution in [-0.2, 0) is 13.6 Å². The molecule has 0 aromatic carbocycles. The second-order valence-electron chi connectivity index (χ2n) is 5.77. The molecule has 0 fully saturated rings. The number of hydrogen-bond acceptors (Lipinski definition) is 4. The van der Waals surface area contributed by atoms with Gasteiger partial charge in [-0.25, -0.2) is 9.78 Å². The largest absolute Gasteiger partial charge is 0.330 e. The highest BCUT2D eigenvalue weighted by molar-refractivity contribution is 7.15. The zero-order chi connectivity index (χ0) is 16.7. The summed E-state index contributed by atoms with van der Waals surface area (Å²) in [6, 6.07) is 10.1. The summed E-state index contributed by atoms with van der Waals surface area (Å²) in [6.45, 7) is 2.57. The van der Waals surface area contributed by atoms with Crippen molar-refractivity contribution in [1.82, 2.24) is 19.1 Å². The molecule has 5 nitrogen and oxygen atoms in total. The maximum atomic E-state index is 12.6. The van der Waals surface area contributed by atoms with E-state index in [4.69, 9.17) is 0 Å². The van der Waals surface area contributed by atoms with E-state index in [2.05, 4.69) is 29.0 Å². The first-order valence-corrected chi connectivity index (χ1v) is 8.46. The van der Waals surface area contributed by atoms with Crippen molar-refractivity contribution in [3.8, 4) is 10.4 Å². The second-order valence-corrected chi connectivity index (χ2v) is 7.05. The molecule has 0 N–H and O–H groups in total. The molecule has 24 heavy (non-hydrogen) atoms. The highest BCUT2D eigenvalue weighted by Gasteiger charge is 2.14. The van der Waals surface area contributed by atoms with Crippen LogP contribution in [-0.4, -0.2) is 19.1 Å². The summed E-state index contributed by atoms with van der Waals surface area (Å²) in [5.41, 5.74) is 3.49. The molecule has 4 heterocycles. The number of imidazole rings is 1. The van der Waals surface area contributed by atoms with Gasteiger partial charge in [0.05, 0.1) is 12.1 Å². The monoisotopic (exact) mass is 336 g/mol. The first-order valence-electron chi connectivity index (χ1n) is 7.64. The number of rotatable bonds is 3. The molecule has 0 aliphatic rings. The molecule has 0 saturated carbocycles. The summed E-state index contributed by atoms with van der Waals surface area (Å²) in [6.07, 6.45) is 5.35. The molecule has 0 amide bonds. The normalized spacial score (nSPS) is 11.2. The van der Waals surface area contributed by atoms with Crippen molar-refractivity contribution < 1.29 is 0 Å². The van der Waals surface area contributed by atoms with E-state index in [0.29, 0.717) is 12.2 Å². The van der Waals surface area contributed by atoms with Crippen LogP contribution in [0.2, 0.25) is 0 Å². The number of fused-ring (bicyclic) bond motifs is 1. The smallest absolute Gasteiger partial charge is 0.286 e. The quantitative estimate of drug-likeness (QED) is 0.577. The van der Waals surface area contributed by atoms with Crippen molar-refractivity contribution in [2.45, 2.75) is 13.5 Å². The van der Waals surface area contributed by atoms with Crippen LogP contribution in [0.3, 0.4) is 0 Å². The molecule has 4 aromatic rings. The fourth-order valence-electron chi connectivity index (χ4n) is 2.83. The summed E-state index contributed by atoms with van der Waals surface area (Å²) in [5, 5.41) is 0. The summed E-state index contributed by atoms with van der Waals surface area (Å²) in [4.78, 5) is 23.7. The lowest BCUT2D eigenvalue weighted by atomic mass is 10.2. The number of pyridine rings is 2. The standard InChI is InChI=1S/C18H16N4OS/c1-12-5-6-16(24-12)14-8-15-17(20-10-14)21(2)18(23)22(15)11-13-4-3-7-19-9-13/h3-10H,11H2,1-2H3. The Labute approximate surface area is 142 Å². The molecule has 4 aromatic heterocycles. The van der Waals surface area contributed by atoms with Crippen molar-refractivity contribution in [2.24, 2.45) is 7.05 Å². The number of aromatic nitrogens is 4. The summed E-state index contributed by atoms with van der Waals surface area (Å²) < 4.78 is 3.35. The zero-order valence-corrected chi connectivity index (χ0v) is 14.2. The molecule has 0 bridgehead atoms. The third-order valence-corrected chi connectivity index (χ3v) is 5.11. The van der Waals surface area contributed by atoms with Crippen LogP contribution in [0.15, 0.2) is 53.7 Å². The minimum absolute atomic E-state index is 0.0686. The van der Waals surface area contributed by atoms with Gasteiger partial charge in [0.15, 0.2) is 5.65 Å². The predicted molar refractivity (Wildman–Crippen MR) is 96.4 cm³/mol. The van der Waals surface area contributed by atoms with Gasteiger partial charge >= 0.3 is 5.69 Å². The number of hydrogen-bond donors (Lipinski definition) is 0. The van der Waals surface area contributed by atoms with Gasteiger partial charge in [-0.2, -0.15) is 0 Å². The van der Waals surface area contributed by atoms with Gasteiger partial charge in [0.1, 0.15) is 0 Å². The summed E-state index contributed by atoms with van der Waals surface area (Å²) in [7, 11) is 1.76. The fraction of sp³-hybridized carbons (Fsp3) is 0.167. The third kappa shape index (κ3) is 2.45. The van der Waals surface area contributed by atoms with Crippen LogP contribution >= 0.6 is 11.3 Å². The van der Waals surface area contributed by atoms with Crippen molar-refractivity contribution in [1.29, 1.82) is 0 Å². The fourth-order valence-corrected chi connectivity index (χ4v) is 3.68. The van der Waals surface area contributed by atoms with Gasteiger partial charge in [-0.05, 0) is 36.8 Å². The Balaban J connectivity index is 1.89. The minimum Gasteiger partial charge on any atom is -0.286 e. The lowest BCUT2D eigenvalue weighted by molar-refractivity contribution is 0.732. The van der Waals surface area contributed by atoms with Crippen LogP contribution in [0.25, 0.3) is 21.6 Å². The van der Waals surface area contributed by atoms with Crippen molar-refractivity contribution in [3.63, 3.8) is 0 Å². The molecule has 0 aliphatic heterocycles. The average molecular weight is 336 g/mol. The second kappa shape index (κ2) is 5.72. The van der Waals surface area contributed by atoms with E-state index < -0.39 is 0 Å². The van der Waals surface area contributed by atoms with Crippen molar-refractivity contribution in [2.75, 3.05) is 0 Å². The number of thiophene rings is 1. The van der Waals surface area contributed by atoms with Gasteiger partial charge in [-0.15, -0.1) is 11.3 Å². The molecule has 0 unspecified atom stereocenters. The third-order valence-electron chi connectivity index (χ3n) is 4.06. The molecular weight excluding hydrogens is 320 g/mol. The van der Waals surface area contributed by atoms with Crippen molar-refractivity contribution >= 4 is 22.5 Å². The highest BCUT2D eigenvalue weighted by Crippen LogP contribution is 2.29. The van der Waals surface area contributed by atoms with Crippen molar-refractivity contribution in [3.05, 3.63) is 69.8 Å². The zero-order valence-electron chi connectivity index (χ0n) is 13.4.